The third-order valence-corrected chi connectivity index (χ3v) is 5.34. The SMILES string of the molecule is Cn1cc(-c2n[nH]c3cc(-c4ccc(NC(=O)Nc5cccc(OC(F)(F)F)c5)cc4)ccc23)cn1. The van der Waals surface area contributed by atoms with Crippen molar-refractivity contribution >= 4 is 28.3 Å². The number of hydrogen-bond acceptors (Lipinski definition) is 4. The maximum absolute atomic E-state index is 12.4. The van der Waals surface area contributed by atoms with Crippen molar-refractivity contribution in [3.05, 3.63) is 79.1 Å². The van der Waals surface area contributed by atoms with E-state index in [1.165, 1.54) is 12.1 Å². The highest BCUT2D eigenvalue weighted by atomic mass is 19.4. The first-order valence-electron chi connectivity index (χ1n) is 10.7. The quantitative estimate of drug-likeness (QED) is 0.273. The lowest BCUT2D eigenvalue weighted by Crippen LogP contribution is -2.20. The standard InChI is InChI=1S/C25H19F3N6O2/c1-34-14-17(13-29-34)23-21-10-7-16(11-22(21)32-33-23)15-5-8-18(9-6-15)30-24(35)31-19-3-2-4-20(12-19)36-25(26,27)28/h2-14H,1H3,(H,32,33)(H2,30,31,35). The number of carbonyl (C=O) groups is 1. The van der Waals surface area contributed by atoms with Crippen molar-refractivity contribution in [2.24, 2.45) is 7.05 Å². The van der Waals surface area contributed by atoms with Crippen molar-refractivity contribution in [2.75, 3.05) is 10.6 Å². The molecule has 2 amide bonds. The smallest absolute Gasteiger partial charge is 0.406 e. The maximum Gasteiger partial charge on any atom is 0.573 e. The number of amides is 2. The molecule has 2 aromatic heterocycles. The van der Waals surface area contributed by atoms with E-state index >= 15 is 0 Å². The van der Waals surface area contributed by atoms with Crippen molar-refractivity contribution in [2.45, 2.75) is 6.36 Å². The van der Waals surface area contributed by atoms with Gasteiger partial charge in [0.1, 0.15) is 11.4 Å². The van der Waals surface area contributed by atoms with E-state index in [9.17, 15) is 18.0 Å². The zero-order valence-corrected chi connectivity index (χ0v) is 18.8. The fraction of sp³-hybridized carbons (Fsp3) is 0.0800. The number of ether oxygens (including phenoxy) is 1. The Labute approximate surface area is 202 Å². The van der Waals surface area contributed by atoms with Gasteiger partial charge in [-0.3, -0.25) is 9.78 Å². The summed E-state index contributed by atoms with van der Waals surface area (Å²) < 4.78 is 42.8. The van der Waals surface area contributed by atoms with Gasteiger partial charge in [-0.25, -0.2) is 4.79 Å². The molecule has 2 heterocycles. The second-order valence-electron chi connectivity index (χ2n) is 7.97. The fourth-order valence-corrected chi connectivity index (χ4v) is 3.77. The van der Waals surface area contributed by atoms with Crippen LogP contribution in [0.5, 0.6) is 5.75 Å². The normalized spacial score (nSPS) is 11.4. The number of nitrogens with zero attached hydrogens (tertiary/aromatic N) is 3. The number of nitrogens with one attached hydrogen (secondary N) is 3. The molecule has 3 N–H and O–H groups in total. The minimum Gasteiger partial charge on any atom is -0.406 e. The highest BCUT2D eigenvalue weighted by Gasteiger charge is 2.31. The van der Waals surface area contributed by atoms with Gasteiger partial charge in [-0.05, 0) is 47.5 Å². The summed E-state index contributed by atoms with van der Waals surface area (Å²) >= 11 is 0. The number of rotatable bonds is 5. The Morgan fingerprint density at radius 2 is 1.69 bits per heavy atom. The third-order valence-electron chi connectivity index (χ3n) is 5.34. The number of carbonyl (C=O) groups excluding carboxylic acids is 1. The van der Waals surface area contributed by atoms with Gasteiger partial charge in [0.2, 0.25) is 0 Å². The molecule has 0 saturated carbocycles. The van der Waals surface area contributed by atoms with Crippen molar-refractivity contribution in [1.82, 2.24) is 20.0 Å². The van der Waals surface area contributed by atoms with Crippen LogP contribution in [0.25, 0.3) is 33.3 Å². The molecule has 0 radical (unpaired) electrons. The van der Waals surface area contributed by atoms with Gasteiger partial charge >= 0.3 is 12.4 Å². The van der Waals surface area contributed by atoms with Crippen LogP contribution in [-0.4, -0.2) is 32.4 Å². The van der Waals surface area contributed by atoms with Crippen LogP contribution in [0, 0.1) is 0 Å². The zero-order chi connectivity index (χ0) is 25.3. The average molecular weight is 492 g/mol. The van der Waals surface area contributed by atoms with Gasteiger partial charge in [0.25, 0.3) is 0 Å². The molecule has 0 bridgehead atoms. The molecule has 0 aliphatic rings. The summed E-state index contributed by atoms with van der Waals surface area (Å²) in [7, 11) is 1.85. The molecule has 8 nitrogen and oxygen atoms in total. The summed E-state index contributed by atoms with van der Waals surface area (Å²) in [6.45, 7) is 0. The van der Waals surface area contributed by atoms with Crippen LogP contribution >= 0.6 is 0 Å². The molecule has 0 spiro atoms. The van der Waals surface area contributed by atoms with Crippen LogP contribution in [0.4, 0.5) is 29.3 Å². The van der Waals surface area contributed by atoms with Crippen LogP contribution < -0.4 is 15.4 Å². The number of benzene rings is 3. The molecule has 5 rings (SSSR count). The molecule has 0 saturated heterocycles. The minimum absolute atomic E-state index is 0.157. The number of aromatic nitrogens is 4. The Bertz CT molecular complexity index is 1540. The highest BCUT2D eigenvalue weighted by molar-refractivity contribution is 6.00. The Morgan fingerprint density at radius 3 is 2.42 bits per heavy atom. The second kappa shape index (κ2) is 9.10. The number of fused-ring (bicyclic) bond motifs is 1. The van der Waals surface area contributed by atoms with E-state index in [0.717, 1.165) is 45.4 Å². The van der Waals surface area contributed by atoms with Crippen molar-refractivity contribution in [3.63, 3.8) is 0 Å². The van der Waals surface area contributed by atoms with Gasteiger partial charge in [-0.15, -0.1) is 13.2 Å². The molecular weight excluding hydrogens is 473 g/mol. The summed E-state index contributed by atoms with van der Waals surface area (Å²) in [6.07, 6.45) is -1.15. The lowest BCUT2D eigenvalue weighted by Gasteiger charge is -2.11. The molecule has 0 aliphatic heterocycles. The minimum atomic E-state index is -4.81. The number of halogens is 3. The van der Waals surface area contributed by atoms with Crippen molar-refractivity contribution in [1.29, 1.82) is 0 Å². The monoisotopic (exact) mass is 492 g/mol. The van der Waals surface area contributed by atoms with Gasteiger partial charge in [0.15, 0.2) is 0 Å². The first-order chi connectivity index (χ1) is 17.2. The van der Waals surface area contributed by atoms with Gasteiger partial charge < -0.3 is 15.4 Å². The Balaban J connectivity index is 1.26. The fourth-order valence-electron chi connectivity index (χ4n) is 3.77. The first-order valence-corrected chi connectivity index (χ1v) is 10.7. The van der Waals surface area contributed by atoms with Crippen LogP contribution in [0.3, 0.4) is 0 Å². The molecule has 0 atom stereocenters. The van der Waals surface area contributed by atoms with E-state index in [1.54, 1.807) is 23.0 Å². The predicted molar refractivity (Wildman–Crippen MR) is 129 cm³/mol. The molecule has 0 unspecified atom stereocenters. The van der Waals surface area contributed by atoms with E-state index in [1.807, 2.05) is 43.6 Å². The molecule has 0 aliphatic carbocycles. The summed E-state index contributed by atoms with van der Waals surface area (Å²) in [5, 5.41) is 17.8. The van der Waals surface area contributed by atoms with E-state index in [0.29, 0.717) is 5.69 Å². The molecule has 5 aromatic rings. The lowest BCUT2D eigenvalue weighted by molar-refractivity contribution is -0.274. The topological polar surface area (TPSA) is 96.9 Å². The van der Waals surface area contributed by atoms with E-state index < -0.39 is 18.1 Å². The van der Waals surface area contributed by atoms with E-state index in [4.69, 9.17) is 0 Å². The molecule has 0 fully saturated rings. The Morgan fingerprint density at radius 1 is 0.944 bits per heavy atom. The van der Waals surface area contributed by atoms with Crippen LogP contribution in [-0.2, 0) is 7.05 Å². The summed E-state index contributed by atoms with van der Waals surface area (Å²) in [6, 6.07) is 17.6. The summed E-state index contributed by atoms with van der Waals surface area (Å²) in [5.74, 6) is -0.425. The summed E-state index contributed by atoms with van der Waals surface area (Å²) in [4.78, 5) is 12.3. The zero-order valence-electron chi connectivity index (χ0n) is 18.8. The van der Waals surface area contributed by atoms with Crippen LogP contribution in [0.2, 0.25) is 0 Å². The average Bonchev–Trinajstić information content (AvgIpc) is 3.44. The van der Waals surface area contributed by atoms with Crippen molar-refractivity contribution in [3.8, 4) is 28.1 Å². The van der Waals surface area contributed by atoms with Crippen LogP contribution in [0.15, 0.2) is 79.1 Å². The largest absolute Gasteiger partial charge is 0.573 e. The molecule has 36 heavy (non-hydrogen) atoms. The van der Waals surface area contributed by atoms with Crippen LogP contribution in [0.1, 0.15) is 0 Å². The summed E-state index contributed by atoms with van der Waals surface area (Å²) in [5.41, 5.74) is 5.18. The number of hydrogen-bond donors (Lipinski definition) is 3. The van der Waals surface area contributed by atoms with Gasteiger partial charge in [-0.1, -0.05) is 24.3 Å². The maximum atomic E-state index is 12.4. The predicted octanol–water partition coefficient (Wildman–Crippen LogP) is 6.17. The molecule has 11 heteroatoms. The number of alkyl halides is 3. The third kappa shape index (κ3) is 5.14. The van der Waals surface area contributed by atoms with Gasteiger partial charge in [0, 0.05) is 41.6 Å². The molecule has 3 aromatic carbocycles. The van der Waals surface area contributed by atoms with Gasteiger partial charge in [0.05, 0.1) is 11.7 Å². The number of aromatic amines is 1. The second-order valence-corrected chi connectivity index (χ2v) is 7.97. The molecule has 182 valence electrons. The number of H-pyrrole nitrogens is 1. The van der Waals surface area contributed by atoms with E-state index in [-0.39, 0.29) is 5.69 Å². The Kier molecular flexibility index (Phi) is 5.80. The van der Waals surface area contributed by atoms with E-state index in [2.05, 4.69) is 30.7 Å². The Hall–Kier alpha value is -4.80. The number of aryl methyl sites for hydroxylation is 1. The number of anilines is 2. The number of urea groups is 1. The van der Waals surface area contributed by atoms with Gasteiger partial charge in [-0.2, -0.15) is 10.2 Å². The first kappa shape index (κ1) is 23.0. The lowest BCUT2D eigenvalue weighted by atomic mass is 10.0. The van der Waals surface area contributed by atoms with Crippen molar-refractivity contribution < 1.29 is 22.7 Å². The highest BCUT2D eigenvalue weighted by Crippen LogP contribution is 2.30. The molecular formula is C25H19F3N6O2.